The molecule has 5 heterocycles. The molecule has 6 aromatic rings. The van der Waals surface area contributed by atoms with E-state index in [1.165, 1.54) is 0 Å². The molecular weight excluding hydrogens is 450 g/mol. The summed E-state index contributed by atoms with van der Waals surface area (Å²) in [6, 6.07) is 16.0. The van der Waals surface area contributed by atoms with Gasteiger partial charge in [-0.3, -0.25) is 24.8 Å². The van der Waals surface area contributed by atoms with E-state index in [1.807, 2.05) is 49.5 Å². The second kappa shape index (κ2) is 9.07. The molecule has 0 aliphatic carbocycles. The number of H-pyrrole nitrogens is 2. The number of fused-ring (bicyclic) bond motifs is 2. The first kappa shape index (κ1) is 21.7. The van der Waals surface area contributed by atoms with Crippen LogP contribution >= 0.6 is 0 Å². The van der Waals surface area contributed by atoms with Crippen molar-refractivity contribution >= 4 is 33.4 Å². The Bertz CT molecular complexity index is 1700. The Balaban J connectivity index is 1.40. The Morgan fingerprint density at radius 2 is 1.75 bits per heavy atom. The number of hydrogen-bond donors (Lipinski definition) is 3. The molecule has 0 saturated heterocycles. The van der Waals surface area contributed by atoms with Gasteiger partial charge in [0.25, 0.3) is 0 Å². The summed E-state index contributed by atoms with van der Waals surface area (Å²) in [6.45, 7) is 1.98. The predicted molar refractivity (Wildman–Crippen MR) is 141 cm³/mol. The number of amides is 1. The van der Waals surface area contributed by atoms with Gasteiger partial charge in [0.05, 0.1) is 28.8 Å². The smallest absolute Gasteiger partial charge is 0.224 e. The lowest BCUT2D eigenvalue weighted by Gasteiger charge is -2.07. The van der Waals surface area contributed by atoms with Crippen LogP contribution in [-0.4, -0.2) is 36.0 Å². The van der Waals surface area contributed by atoms with Crippen LogP contribution in [0, 0.1) is 0 Å². The van der Waals surface area contributed by atoms with Crippen molar-refractivity contribution in [1.82, 2.24) is 30.1 Å². The van der Waals surface area contributed by atoms with E-state index in [1.54, 1.807) is 24.8 Å². The summed E-state index contributed by atoms with van der Waals surface area (Å²) in [4.78, 5) is 28.7. The fraction of sp³-hybridized carbons (Fsp3) is 0.107. The van der Waals surface area contributed by atoms with E-state index in [0.29, 0.717) is 12.1 Å². The van der Waals surface area contributed by atoms with Crippen LogP contribution < -0.4 is 5.32 Å². The maximum absolute atomic E-state index is 12.0. The number of aromatic amines is 2. The molecular formula is C28H23N7O. The van der Waals surface area contributed by atoms with E-state index >= 15 is 0 Å². The van der Waals surface area contributed by atoms with Gasteiger partial charge in [0.1, 0.15) is 5.69 Å². The lowest BCUT2D eigenvalue weighted by Crippen LogP contribution is -2.10. The molecule has 5 aromatic heterocycles. The summed E-state index contributed by atoms with van der Waals surface area (Å²) in [7, 11) is 0. The molecule has 0 aliphatic heterocycles. The van der Waals surface area contributed by atoms with E-state index in [-0.39, 0.29) is 5.91 Å². The average molecular weight is 474 g/mol. The molecule has 8 heteroatoms. The quantitative estimate of drug-likeness (QED) is 0.276. The van der Waals surface area contributed by atoms with Crippen molar-refractivity contribution in [2.75, 3.05) is 5.32 Å². The summed E-state index contributed by atoms with van der Waals surface area (Å²) in [5.41, 5.74) is 8.04. The fourth-order valence-corrected chi connectivity index (χ4v) is 4.43. The van der Waals surface area contributed by atoms with Gasteiger partial charge in [0.2, 0.25) is 5.91 Å². The second-order valence-corrected chi connectivity index (χ2v) is 8.64. The van der Waals surface area contributed by atoms with Crippen molar-refractivity contribution < 1.29 is 4.79 Å². The van der Waals surface area contributed by atoms with E-state index in [4.69, 9.17) is 0 Å². The zero-order valence-electron chi connectivity index (χ0n) is 19.6. The normalized spacial score (nSPS) is 11.2. The number of rotatable bonds is 6. The van der Waals surface area contributed by atoms with Gasteiger partial charge in [0, 0.05) is 58.6 Å². The number of benzene rings is 1. The first-order valence-corrected chi connectivity index (χ1v) is 11.8. The lowest BCUT2D eigenvalue weighted by atomic mass is 10.0. The van der Waals surface area contributed by atoms with Gasteiger partial charge in [-0.05, 0) is 54.4 Å². The Kier molecular flexibility index (Phi) is 5.46. The third kappa shape index (κ3) is 3.98. The molecule has 6 rings (SSSR count). The van der Waals surface area contributed by atoms with Gasteiger partial charge in [-0.25, -0.2) is 0 Å². The number of carbonyl (C=O) groups excluding carboxylic acids is 1. The van der Waals surface area contributed by atoms with Crippen molar-refractivity contribution in [3.05, 3.63) is 79.5 Å². The minimum atomic E-state index is -0.0111. The SMILES string of the molecule is CCCC(=O)Nc1cncc(-c2ccc3[nH]nc(-c4cc5c(-c6cccnc6)nccc5[nH]4)c3c2)c1. The molecule has 36 heavy (non-hydrogen) atoms. The molecule has 8 nitrogen and oxygen atoms in total. The highest BCUT2D eigenvalue weighted by molar-refractivity contribution is 6.01. The second-order valence-electron chi connectivity index (χ2n) is 8.64. The number of aromatic nitrogens is 6. The van der Waals surface area contributed by atoms with Crippen LogP contribution in [0.5, 0.6) is 0 Å². The molecule has 1 aromatic carbocycles. The van der Waals surface area contributed by atoms with Crippen LogP contribution in [0.2, 0.25) is 0 Å². The number of nitrogens with one attached hydrogen (secondary N) is 3. The van der Waals surface area contributed by atoms with E-state index < -0.39 is 0 Å². The summed E-state index contributed by atoms with van der Waals surface area (Å²) < 4.78 is 0. The summed E-state index contributed by atoms with van der Waals surface area (Å²) >= 11 is 0. The van der Waals surface area contributed by atoms with E-state index in [9.17, 15) is 4.79 Å². The van der Waals surface area contributed by atoms with Crippen LogP contribution in [0.3, 0.4) is 0 Å². The molecule has 0 atom stereocenters. The number of hydrogen-bond acceptors (Lipinski definition) is 5. The fourth-order valence-electron chi connectivity index (χ4n) is 4.43. The average Bonchev–Trinajstić information content (AvgIpc) is 3.53. The predicted octanol–water partition coefficient (Wildman–Crippen LogP) is 5.97. The van der Waals surface area contributed by atoms with Gasteiger partial charge >= 0.3 is 0 Å². The first-order valence-electron chi connectivity index (χ1n) is 11.8. The number of carbonyl (C=O) groups is 1. The standard InChI is InChI=1S/C28H23N7O/c1-2-4-26(36)32-20-11-19(15-30-16-20)17-6-7-24-21(12-17)28(35-34-24)25-13-22-23(33-25)8-10-31-27(22)18-5-3-9-29-14-18/h3,5-16,33H,2,4H2,1H3,(H,32,36)(H,34,35). The molecule has 0 unspecified atom stereocenters. The largest absolute Gasteiger partial charge is 0.353 e. The van der Waals surface area contributed by atoms with Crippen LogP contribution in [0.25, 0.3) is 55.6 Å². The molecule has 0 fully saturated rings. The molecule has 1 amide bonds. The van der Waals surface area contributed by atoms with Crippen LogP contribution in [0.15, 0.2) is 79.5 Å². The third-order valence-corrected chi connectivity index (χ3v) is 6.13. The van der Waals surface area contributed by atoms with E-state index in [0.717, 1.165) is 62.0 Å². The Morgan fingerprint density at radius 3 is 2.61 bits per heavy atom. The van der Waals surface area contributed by atoms with Gasteiger partial charge in [-0.2, -0.15) is 5.10 Å². The third-order valence-electron chi connectivity index (χ3n) is 6.13. The maximum Gasteiger partial charge on any atom is 0.224 e. The van der Waals surface area contributed by atoms with Gasteiger partial charge in [0.15, 0.2) is 0 Å². The summed E-state index contributed by atoms with van der Waals surface area (Å²) in [6.07, 6.45) is 10.1. The van der Waals surface area contributed by atoms with Crippen molar-refractivity contribution in [2.24, 2.45) is 0 Å². The lowest BCUT2D eigenvalue weighted by molar-refractivity contribution is -0.116. The minimum absolute atomic E-state index is 0.0111. The van der Waals surface area contributed by atoms with Gasteiger partial charge in [-0.15, -0.1) is 0 Å². The Labute approximate surface area is 206 Å². The topological polar surface area (TPSA) is 112 Å². The van der Waals surface area contributed by atoms with Crippen LogP contribution in [0.1, 0.15) is 19.8 Å². The Morgan fingerprint density at radius 1 is 0.861 bits per heavy atom. The molecule has 176 valence electrons. The molecule has 0 saturated carbocycles. The molecule has 0 spiro atoms. The van der Waals surface area contributed by atoms with E-state index in [2.05, 4.69) is 47.6 Å². The monoisotopic (exact) mass is 473 g/mol. The number of anilines is 1. The molecule has 0 radical (unpaired) electrons. The maximum atomic E-state index is 12.0. The van der Waals surface area contributed by atoms with Crippen LogP contribution in [0.4, 0.5) is 5.69 Å². The minimum Gasteiger partial charge on any atom is -0.353 e. The zero-order chi connectivity index (χ0) is 24.5. The summed E-state index contributed by atoms with van der Waals surface area (Å²) in [5, 5.41) is 12.7. The van der Waals surface area contributed by atoms with Crippen molar-refractivity contribution in [3.63, 3.8) is 0 Å². The van der Waals surface area contributed by atoms with Crippen molar-refractivity contribution in [3.8, 4) is 33.8 Å². The number of nitrogens with zero attached hydrogens (tertiary/aromatic N) is 4. The van der Waals surface area contributed by atoms with Crippen LogP contribution in [-0.2, 0) is 4.79 Å². The first-order chi connectivity index (χ1) is 17.7. The summed E-state index contributed by atoms with van der Waals surface area (Å²) in [5.74, 6) is -0.0111. The van der Waals surface area contributed by atoms with Gasteiger partial charge < -0.3 is 10.3 Å². The van der Waals surface area contributed by atoms with Crippen molar-refractivity contribution in [1.29, 1.82) is 0 Å². The highest BCUT2D eigenvalue weighted by Gasteiger charge is 2.15. The Hall–Kier alpha value is -4.85. The highest BCUT2D eigenvalue weighted by atomic mass is 16.1. The zero-order valence-corrected chi connectivity index (χ0v) is 19.6. The molecule has 0 aliphatic rings. The van der Waals surface area contributed by atoms with Crippen molar-refractivity contribution in [2.45, 2.75) is 19.8 Å². The number of pyridine rings is 3. The highest BCUT2D eigenvalue weighted by Crippen LogP contribution is 2.34. The molecule has 0 bridgehead atoms. The molecule has 3 N–H and O–H groups in total. The van der Waals surface area contributed by atoms with Gasteiger partial charge in [-0.1, -0.05) is 13.0 Å².